The minimum atomic E-state index is 0.447. The van der Waals surface area contributed by atoms with Crippen molar-refractivity contribution in [2.75, 3.05) is 18.0 Å². The molecule has 0 aliphatic heterocycles. The zero-order valence-corrected chi connectivity index (χ0v) is 9.86. The van der Waals surface area contributed by atoms with Crippen molar-refractivity contribution in [1.82, 2.24) is 9.78 Å². The standard InChI is InChI=1S/C11H15N5/c1-4-16(7-5-6-12)11-10(8-13)9(2)14-15(11)3/h4-5,7H2,1-3H3. The molecule has 0 unspecified atom stereocenters. The molecule has 16 heavy (non-hydrogen) atoms. The van der Waals surface area contributed by atoms with Crippen LogP contribution >= 0.6 is 0 Å². The Morgan fingerprint density at radius 3 is 2.62 bits per heavy atom. The van der Waals surface area contributed by atoms with Crippen LogP contribution in [0, 0.1) is 29.6 Å². The van der Waals surface area contributed by atoms with Crippen molar-refractivity contribution in [3.63, 3.8) is 0 Å². The van der Waals surface area contributed by atoms with Crippen LogP contribution in [-0.4, -0.2) is 22.9 Å². The van der Waals surface area contributed by atoms with Crippen molar-refractivity contribution in [3.05, 3.63) is 11.3 Å². The molecule has 0 fully saturated rings. The van der Waals surface area contributed by atoms with E-state index in [9.17, 15) is 0 Å². The van der Waals surface area contributed by atoms with E-state index in [0.717, 1.165) is 18.1 Å². The minimum absolute atomic E-state index is 0.447. The summed E-state index contributed by atoms with van der Waals surface area (Å²) in [7, 11) is 1.82. The molecule has 1 rings (SSSR count). The number of anilines is 1. The van der Waals surface area contributed by atoms with E-state index in [-0.39, 0.29) is 0 Å². The third kappa shape index (κ3) is 2.14. The maximum Gasteiger partial charge on any atom is 0.144 e. The van der Waals surface area contributed by atoms with Gasteiger partial charge in [-0.05, 0) is 13.8 Å². The van der Waals surface area contributed by atoms with Gasteiger partial charge in [0.15, 0.2) is 0 Å². The number of hydrogen-bond donors (Lipinski definition) is 0. The van der Waals surface area contributed by atoms with E-state index < -0.39 is 0 Å². The third-order valence-electron chi connectivity index (χ3n) is 2.48. The summed E-state index contributed by atoms with van der Waals surface area (Å²) in [5, 5.41) is 21.9. The molecule has 0 N–H and O–H groups in total. The van der Waals surface area contributed by atoms with Gasteiger partial charge in [-0.2, -0.15) is 15.6 Å². The van der Waals surface area contributed by atoms with Gasteiger partial charge < -0.3 is 4.90 Å². The van der Waals surface area contributed by atoms with E-state index in [2.05, 4.69) is 17.2 Å². The monoisotopic (exact) mass is 217 g/mol. The summed E-state index contributed by atoms with van der Waals surface area (Å²) >= 11 is 0. The van der Waals surface area contributed by atoms with Crippen molar-refractivity contribution < 1.29 is 0 Å². The molecule has 0 saturated carbocycles. The zero-order valence-electron chi connectivity index (χ0n) is 9.86. The van der Waals surface area contributed by atoms with Gasteiger partial charge in [-0.3, -0.25) is 4.68 Å². The first kappa shape index (κ1) is 12.1. The molecule has 5 heteroatoms. The van der Waals surface area contributed by atoms with Crippen LogP contribution in [0.1, 0.15) is 24.6 Å². The fourth-order valence-corrected chi connectivity index (χ4v) is 1.74. The predicted molar refractivity (Wildman–Crippen MR) is 60.8 cm³/mol. The quantitative estimate of drug-likeness (QED) is 0.763. The van der Waals surface area contributed by atoms with Crippen LogP contribution in [0.3, 0.4) is 0 Å². The van der Waals surface area contributed by atoms with Crippen LogP contribution in [0.4, 0.5) is 5.82 Å². The molecule has 0 amide bonds. The lowest BCUT2D eigenvalue weighted by Crippen LogP contribution is -2.26. The number of hydrogen-bond acceptors (Lipinski definition) is 4. The van der Waals surface area contributed by atoms with Crippen molar-refractivity contribution in [3.8, 4) is 12.1 Å². The molecule has 0 atom stereocenters. The van der Waals surface area contributed by atoms with E-state index in [1.54, 1.807) is 4.68 Å². The highest BCUT2D eigenvalue weighted by Gasteiger charge is 2.17. The van der Waals surface area contributed by atoms with Crippen LogP contribution in [0.25, 0.3) is 0 Å². The van der Waals surface area contributed by atoms with E-state index in [4.69, 9.17) is 10.5 Å². The Morgan fingerprint density at radius 1 is 1.44 bits per heavy atom. The number of nitriles is 2. The average Bonchev–Trinajstić information content (AvgIpc) is 2.55. The summed E-state index contributed by atoms with van der Waals surface area (Å²) < 4.78 is 1.70. The van der Waals surface area contributed by atoms with Gasteiger partial charge in [0.25, 0.3) is 0 Å². The highest BCUT2D eigenvalue weighted by molar-refractivity contribution is 5.56. The van der Waals surface area contributed by atoms with Gasteiger partial charge in [-0.25, -0.2) is 0 Å². The maximum absolute atomic E-state index is 9.09. The number of rotatable bonds is 4. The van der Waals surface area contributed by atoms with Gasteiger partial charge in [-0.15, -0.1) is 0 Å². The molecule has 0 radical (unpaired) electrons. The highest BCUT2D eigenvalue weighted by Crippen LogP contribution is 2.22. The first-order valence-corrected chi connectivity index (χ1v) is 5.21. The fraction of sp³-hybridized carbons (Fsp3) is 0.545. The lowest BCUT2D eigenvalue weighted by atomic mass is 10.2. The molecular formula is C11H15N5. The third-order valence-corrected chi connectivity index (χ3v) is 2.48. The lowest BCUT2D eigenvalue weighted by Gasteiger charge is -2.21. The summed E-state index contributed by atoms with van der Waals surface area (Å²) in [6, 6.07) is 4.28. The molecule has 0 aliphatic carbocycles. The number of aromatic nitrogens is 2. The zero-order chi connectivity index (χ0) is 12.1. The van der Waals surface area contributed by atoms with E-state index >= 15 is 0 Å². The molecule has 0 aromatic carbocycles. The van der Waals surface area contributed by atoms with Crippen molar-refractivity contribution in [2.24, 2.45) is 7.05 Å². The second kappa shape index (κ2) is 5.18. The fourth-order valence-electron chi connectivity index (χ4n) is 1.74. The molecule has 1 aromatic rings. The number of aryl methyl sites for hydroxylation is 2. The molecule has 1 heterocycles. The van der Waals surface area contributed by atoms with Crippen molar-refractivity contribution in [2.45, 2.75) is 20.3 Å². The summed E-state index contributed by atoms with van der Waals surface area (Å²) in [6.45, 7) is 5.21. The van der Waals surface area contributed by atoms with Crippen LogP contribution in [0.2, 0.25) is 0 Å². The summed E-state index contributed by atoms with van der Waals surface area (Å²) in [5.41, 5.74) is 1.33. The molecule has 0 spiro atoms. The Hall–Kier alpha value is -2.01. The van der Waals surface area contributed by atoms with E-state index in [0.29, 0.717) is 18.5 Å². The maximum atomic E-state index is 9.09. The minimum Gasteiger partial charge on any atom is -0.355 e. The Bertz CT molecular complexity index is 446. The summed E-state index contributed by atoms with van der Waals surface area (Å²) in [6.07, 6.45) is 0.447. The largest absolute Gasteiger partial charge is 0.355 e. The SMILES string of the molecule is CCN(CCC#N)c1c(C#N)c(C)nn1C. The summed E-state index contributed by atoms with van der Waals surface area (Å²) in [4.78, 5) is 2.00. The van der Waals surface area contributed by atoms with Crippen LogP contribution < -0.4 is 4.90 Å². The topological polar surface area (TPSA) is 68.6 Å². The smallest absolute Gasteiger partial charge is 0.144 e. The van der Waals surface area contributed by atoms with Gasteiger partial charge >= 0.3 is 0 Å². The van der Waals surface area contributed by atoms with Gasteiger partial charge in [0.2, 0.25) is 0 Å². The first-order chi connectivity index (χ1) is 7.65. The van der Waals surface area contributed by atoms with Gasteiger partial charge in [0, 0.05) is 20.1 Å². The van der Waals surface area contributed by atoms with Gasteiger partial charge in [0.1, 0.15) is 17.5 Å². The molecule has 0 aliphatic rings. The Morgan fingerprint density at radius 2 is 2.12 bits per heavy atom. The molecule has 0 bridgehead atoms. The normalized spacial score (nSPS) is 9.56. The van der Waals surface area contributed by atoms with E-state index in [1.807, 2.05) is 25.8 Å². The molecule has 1 aromatic heterocycles. The Labute approximate surface area is 95.5 Å². The second-order valence-corrected chi connectivity index (χ2v) is 3.51. The van der Waals surface area contributed by atoms with Gasteiger partial charge in [-0.1, -0.05) is 0 Å². The summed E-state index contributed by atoms with van der Waals surface area (Å²) in [5.74, 6) is 0.803. The van der Waals surface area contributed by atoms with Crippen LogP contribution in [0.5, 0.6) is 0 Å². The number of nitrogens with zero attached hydrogens (tertiary/aromatic N) is 5. The molecular weight excluding hydrogens is 202 g/mol. The Balaban J connectivity index is 3.10. The van der Waals surface area contributed by atoms with Crippen molar-refractivity contribution >= 4 is 5.82 Å². The Kier molecular flexibility index (Phi) is 3.90. The van der Waals surface area contributed by atoms with Gasteiger partial charge in [0.05, 0.1) is 18.2 Å². The first-order valence-electron chi connectivity index (χ1n) is 5.21. The van der Waals surface area contributed by atoms with Crippen LogP contribution in [0.15, 0.2) is 0 Å². The molecule has 84 valence electrons. The molecule has 5 nitrogen and oxygen atoms in total. The second-order valence-electron chi connectivity index (χ2n) is 3.51. The lowest BCUT2D eigenvalue weighted by molar-refractivity contribution is 0.707. The van der Waals surface area contributed by atoms with Crippen LogP contribution in [-0.2, 0) is 7.05 Å². The highest BCUT2D eigenvalue weighted by atomic mass is 15.4. The predicted octanol–water partition coefficient (Wildman–Crippen LogP) is 1.34. The van der Waals surface area contributed by atoms with E-state index in [1.165, 1.54) is 0 Å². The average molecular weight is 217 g/mol. The molecule has 0 saturated heterocycles. The van der Waals surface area contributed by atoms with Crippen molar-refractivity contribution in [1.29, 1.82) is 10.5 Å².